The summed E-state index contributed by atoms with van der Waals surface area (Å²) in [7, 11) is 0. The number of nitrogens with one attached hydrogen (secondary N) is 1. The largest absolute Gasteiger partial charge is 0.339 e. The number of benzene rings is 1. The Bertz CT molecular complexity index is 565. The summed E-state index contributed by atoms with van der Waals surface area (Å²) in [4.78, 5) is 9.18. The summed E-state index contributed by atoms with van der Waals surface area (Å²) >= 11 is 0. The summed E-state index contributed by atoms with van der Waals surface area (Å²) in [6.45, 7) is 7.29. The first-order chi connectivity index (χ1) is 10.3. The Kier molecular flexibility index (Phi) is 4.25. The Balaban J connectivity index is 1.69. The van der Waals surface area contributed by atoms with Gasteiger partial charge in [-0.15, -0.1) is 5.10 Å². The maximum Gasteiger partial charge on any atom is 0.247 e. The van der Waals surface area contributed by atoms with Crippen LogP contribution in [0.25, 0.3) is 0 Å². The highest BCUT2D eigenvalue weighted by Gasteiger charge is 2.18. The molecule has 0 bridgehead atoms. The number of aromatic nitrogens is 3. The lowest BCUT2D eigenvalue weighted by atomic mass is 10.3. The fourth-order valence-electron chi connectivity index (χ4n) is 2.42. The molecule has 0 amide bonds. The van der Waals surface area contributed by atoms with Gasteiger partial charge in [0.25, 0.3) is 0 Å². The van der Waals surface area contributed by atoms with Crippen molar-refractivity contribution < 1.29 is 0 Å². The van der Waals surface area contributed by atoms with Gasteiger partial charge in [-0.3, -0.25) is 0 Å². The van der Waals surface area contributed by atoms with Crippen LogP contribution in [0.15, 0.2) is 36.5 Å². The van der Waals surface area contributed by atoms with Crippen LogP contribution in [-0.2, 0) is 0 Å². The number of rotatable bonds is 4. The Morgan fingerprint density at radius 3 is 2.57 bits per heavy atom. The minimum absolute atomic E-state index is 0.701. The molecule has 0 atom stereocenters. The first-order valence-corrected chi connectivity index (χ1v) is 7.34. The molecule has 2 aromatic rings. The van der Waals surface area contributed by atoms with Crippen LogP contribution in [0.1, 0.15) is 6.92 Å². The number of piperazine rings is 1. The molecule has 6 nitrogen and oxygen atoms in total. The third-order valence-electron chi connectivity index (χ3n) is 3.70. The number of anilines is 3. The van der Waals surface area contributed by atoms with Gasteiger partial charge >= 0.3 is 0 Å². The van der Waals surface area contributed by atoms with E-state index in [2.05, 4.69) is 37.2 Å². The van der Waals surface area contributed by atoms with Gasteiger partial charge < -0.3 is 15.1 Å². The topological polar surface area (TPSA) is 57.2 Å². The van der Waals surface area contributed by atoms with Crippen molar-refractivity contribution in [1.29, 1.82) is 0 Å². The lowest BCUT2D eigenvalue weighted by Gasteiger charge is -2.33. The minimum atomic E-state index is 0.701. The van der Waals surface area contributed by atoms with E-state index in [9.17, 15) is 0 Å². The van der Waals surface area contributed by atoms with E-state index in [4.69, 9.17) is 0 Å². The number of likely N-dealkylation sites (N-methyl/N-ethyl adjacent to an activating group) is 1. The summed E-state index contributed by atoms with van der Waals surface area (Å²) in [5.74, 6) is 1.43. The normalized spacial score (nSPS) is 16.0. The van der Waals surface area contributed by atoms with Crippen molar-refractivity contribution in [2.24, 2.45) is 0 Å². The zero-order valence-corrected chi connectivity index (χ0v) is 12.2. The summed E-state index contributed by atoms with van der Waals surface area (Å²) in [6.07, 6.45) is 1.65. The van der Waals surface area contributed by atoms with Crippen LogP contribution in [0.3, 0.4) is 0 Å². The lowest BCUT2D eigenvalue weighted by Crippen LogP contribution is -2.46. The number of nitrogens with zero attached hydrogens (tertiary/aromatic N) is 5. The van der Waals surface area contributed by atoms with Gasteiger partial charge in [0.15, 0.2) is 5.82 Å². The molecule has 0 aliphatic carbocycles. The summed E-state index contributed by atoms with van der Waals surface area (Å²) in [5, 5.41) is 11.5. The average molecular weight is 284 g/mol. The summed E-state index contributed by atoms with van der Waals surface area (Å²) < 4.78 is 0. The molecule has 1 aromatic carbocycles. The molecule has 0 unspecified atom stereocenters. The predicted octanol–water partition coefficient (Wildman–Crippen LogP) is 1.76. The zero-order valence-electron chi connectivity index (χ0n) is 12.2. The number of para-hydroxylation sites is 1. The van der Waals surface area contributed by atoms with Crippen molar-refractivity contribution in [2.75, 3.05) is 42.9 Å². The van der Waals surface area contributed by atoms with Crippen molar-refractivity contribution in [2.45, 2.75) is 6.92 Å². The van der Waals surface area contributed by atoms with Gasteiger partial charge in [0.05, 0.1) is 6.20 Å². The molecular formula is C15H20N6. The maximum absolute atomic E-state index is 4.57. The van der Waals surface area contributed by atoms with Gasteiger partial charge in [0.2, 0.25) is 5.95 Å². The summed E-state index contributed by atoms with van der Waals surface area (Å²) in [5.41, 5.74) is 1.000. The Morgan fingerprint density at radius 1 is 1.10 bits per heavy atom. The second-order valence-corrected chi connectivity index (χ2v) is 5.05. The van der Waals surface area contributed by atoms with E-state index < -0.39 is 0 Å². The Labute approximate surface area is 124 Å². The quantitative estimate of drug-likeness (QED) is 0.923. The second kappa shape index (κ2) is 6.49. The van der Waals surface area contributed by atoms with Crippen LogP contribution in [0.2, 0.25) is 0 Å². The molecule has 0 saturated carbocycles. The monoisotopic (exact) mass is 284 g/mol. The molecule has 0 spiro atoms. The molecule has 0 radical (unpaired) electrons. The second-order valence-electron chi connectivity index (χ2n) is 5.05. The molecule has 1 aliphatic rings. The Morgan fingerprint density at radius 2 is 1.86 bits per heavy atom. The molecule has 21 heavy (non-hydrogen) atoms. The van der Waals surface area contributed by atoms with Crippen LogP contribution < -0.4 is 10.2 Å². The van der Waals surface area contributed by atoms with E-state index in [1.54, 1.807) is 6.20 Å². The third-order valence-corrected chi connectivity index (χ3v) is 3.70. The first-order valence-electron chi connectivity index (χ1n) is 7.34. The fraction of sp³-hybridized carbons (Fsp3) is 0.400. The van der Waals surface area contributed by atoms with E-state index in [0.717, 1.165) is 44.2 Å². The van der Waals surface area contributed by atoms with Gasteiger partial charge in [-0.2, -0.15) is 10.1 Å². The molecule has 2 heterocycles. The first kappa shape index (κ1) is 13.8. The standard InChI is InChI=1S/C15H20N6/c1-2-20-8-10-21(11-9-20)15-18-14(12-16-19-15)17-13-6-4-3-5-7-13/h3-7,12H,2,8-11H2,1H3,(H,17,18,19). The maximum atomic E-state index is 4.57. The van der Waals surface area contributed by atoms with Gasteiger partial charge in [0, 0.05) is 31.9 Å². The van der Waals surface area contributed by atoms with Gasteiger partial charge in [-0.25, -0.2) is 0 Å². The number of hydrogen-bond donors (Lipinski definition) is 1. The molecular weight excluding hydrogens is 264 g/mol. The fourth-order valence-corrected chi connectivity index (χ4v) is 2.42. The highest BCUT2D eigenvalue weighted by molar-refractivity contribution is 5.55. The van der Waals surface area contributed by atoms with Crippen molar-refractivity contribution in [3.05, 3.63) is 36.5 Å². The SMILES string of the molecule is CCN1CCN(c2nncc(Nc3ccccc3)n2)CC1. The van der Waals surface area contributed by atoms with Crippen LogP contribution in [0.5, 0.6) is 0 Å². The van der Waals surface area contributed by atoms with Crippen LogP contribution in [0, 0.1) is 0 Å². The van der Waals surface area contributed by atoms with E-state index >= 15 is 0 Å². The molecule has 1 N–H and O–H groups in total. The highest BCUT2D eigenvalue weighted by atomic mass is 15.4. The van der Waals surface area contributed by atoms with Crippen molar-refractivity contribution in [1.82, 2.24) is 20.1 Å². The molecule has 1 aromatic heterocycles. The van der Waals surface area contributed by atoms with Crippen LogP contribution in [-0.4, -0.2) is 52.8 Å². The minimum Gasteiger partial charge on any atom is -0.339 e. The molecule has 1 aliphatic heterocycles. The highest BCUT2D eigenvalue weighted by Crippen LogP contribution is 2.16. The predicted molar refractivity (Wildman–Crippen MR) is 83.9 cm³/mol. The van der Waals surface area contributed by atoms with E-state index in [1.165, 1.54) is 0 Å². The lowest BCUT2D eigenvalue weighted by molar-refractivity contribution is 0.269. The van der Waals surface area contributed by atoms with Gasteiger partial charge in [-0.1, -0.05) is 25.1 Å². The van der Waals surface area contributed by atoms with E-state index in [1.807, 2.05) is 30.3 Å². The van der Waals surface area contributed by atoms with Crippen molar-refractivity contribution in [3.63, 3.8) is 0 Å². The smallest absolute Gasteiger partial charge is 0.247 e. The summed E-state index contributed by atoms with van der Waals surface area (Å²) in [6, 6.07) is 9.97. The zero-order chi connectivity index (χ0) is 14.5. The average Bonchev–Trinajstić information content (AvgIpc) is 2.56. The molecule has 110 valence electrons. The molecule has 1 fully saturated rings. The van der Waals surface area contributed by atoms with Crippen molar-refractivity contribution >= 4 is 17.5 Å². The van der Waals surface area contributed by atoms with Crippen LogP contribution in [0.4, 0.5) is 17.5 Å². The molecule has 3 rings (SSSR count). The third kappa shape index (κ3) is 3.46. The van der Waals surface area contributed by atoms with Crippen molar-refractivity contribution in [3.8, 4) is 0 Å². The Hall–Kier alpha value is -2.21. The van der Waals surface area contributed by atoms with Gasteiger partial charge in [-0.05, 0) is 18.7 Å². The van der Waals surface area contributed by atoms with Gasteiger partial charge in [0.1, 0.15) is 0 Å². The molecule has 1 saturated heterocycles. The van der Waals surface area contributed by atoms with Crippen LogP contribution >= 0.6 is 0 Å². The van der Waals surface area contributed by atoms with E-state index in [0.29, 0.717) is 5.95 Å². The molecule has 6 heteroatoms. The van der Waals surface area contributed by atoms with E-state index in [-0.39, 0.29) is 0 Å². The number of hydrogen-bond acceptors (Lipinski definition) is 6.